The van der Waals surface area contributed by atoms with Gasteiger partial charge in [-0.15, -0.1) is 0 Å². The maximum atomic E-state index is 11.1. The first-order valence-electron chi connectivity index (χ1n) is 4.61. The molecule has 0 amide bonds. The number of allylic oxidation sites excluding steroid dienone is 2. The van der Waals surface area contributed by atoms with Gasteiger partial charge in [0.2, 0.25) is 0 Å². The monoisotopic (exact) mass is 200 g/mol. The van der Waals surface area contributed by atoms with Gasteiger partial charge in [0.15, 0.2) is 0 Å². The summed E-state index contributed by atoms with van der Waals surface area (Å²) in [6, 6.07) is 0. The lowest BCUT2D eigenvalue weighted by Gasteiger charge is -2.24. The van der Waals surface area contributed by atoms with E-state index in [0.717, 1.165) is 0 Å². The van der Waals surface area contributed by atoms with E-state index in [1.165, 1.54) is 7.11 Å². The lowest BCUT2D eigenvalue weighted by Crippen LogP contribution is -2.28. The van der Waals surface area contributed by atoms with Crippen LogP contribution in [-0.4, -0.2) is 21.2 Å². The first-order valence-corrected chi connectivity index (χ1v) is 8.19. The van der Waals surface area contributed by atoms with Crippen LogP contribution in [0.1, 0.15) is 13.3 Å². The van der Waals surface area contributed by atoms with Gasteiger partial charge in [-0.3, -0.25) is 4.79 Å². The molecule has 0 unspecified atom stereocenters. The summed E-state index contributed by atoms with van der Waals surface area (Å²) >= 11 is 0. The Bertz CT molecular complexity index is 192. The van der Waals surface area contributed by atoms with Crippen LogP contribution >= 0.6 is 0 Å². The molecule has 76 valence electrons. The minimum atomic E-state index is -1.27. The van der Waals surface area contributed by atoms with Crippen molar-refractivity contribution in [3.8, 4) is 0 Å². The van der Waals surface area contributed by atoms with Crippen LogP contribution in [0.2, 0.25) is 25.2 Å². The predicted octanol–water partition coefficient (Wildman–Crippen LogP) is 2.83. The number of esters is 1. The van der Waals surface area contributed by atoms with Crippen molar-refractivity contribution in [2.45, 2.75) is 38.5 Å². The zero-order valence-corrected chi connectivity index (χ0v) is 10.3. The third-order valence-corrected chi connectivity index (χ3v) is 4.77. The molecule has 0 N–H and O–H groups in total. The summed E-state index contributed by atoms with van der Waals surface area (Å²) in [5.74, 6) is -0.106. The third-order valence-electron chi connectivity index (χ3n) is 2.15. The lowest BCUT2D eigenvalue weighted by atomic mass is 10.3. The molecule has 1 atom stereocenters. The molecule has 0 aromatic rings. The van der Waals surface area contributed by atoms with E-state index in [0.29, 0.717) is 12.0 Å². The van der Waals surface area contributed by atoms with Gasteiger partial charge in [0, 0.05) is 6.42 Å². The van der Waals surface area contributed by atoms with Gasteiger partial charge in [-0.2, -0.15) is 0 Å². The molecule has 0 heterocycles. The molecule has 0 spiro atoms. The quantitative estimate of drug-likeness (QED) is 0.396. The molecule has 0 radical (unpaired) electrons. The molecule has 3 heteroatoms. The Labute approximate surface area is 82.0 Å². The van der Waals surface area contributed by atoms with Gasteiger partial charge in [0.25, 0.3) is 0 Å². The van der Waals surface area contributed by atoms with E-state index in [4.69, 9.17) is 0 Å². The average Bonchev–Trinajstić information content (AvgIpc) is 2.01. The van der Waals surface area contributed by atoms with Crippen LogP contribution in [0.3, 0.4) is 0 Å². The Morgan fingerprint density at radius 2 is 2.00 bits per heavy atom. The molecule has 0 aromatic carbocycles. The van der Waals surface area contributed by atoms with Crippen LogP contribution in [0, 0.1) is 0 Å². The topological polar surface area (TPSA) is 26.3 Å². The Morgan fingerprint density at radius 3 is 2.31 bits per heavy atom. The fourth-order valence-electron chi connectivity index (χ4n) is 1.16. The van der Waals surface area contributed by atoms with Gasteiger partial charge in [0.1, 0.15) is 0 Å². The second-order valence-corrected chi connectivity index (χ2v) is 9.75. The summed E-state index contributed by atoms with van der Waals surface area (Å²) < 4.78 is 4.67. The van der Waals surface area contributed by atoms with Crippen LogP contribution < -0.4 is 0 Å². The molecular weight excluding hydrogens is 180 g/mol. The van der Waals surface area contributed by atoms with Crippen molar-refractivity contribution in [3.63, 3.8) is 0 Å². The van der Waals surface area contributed by atoms with E-state index in [-0.39, 0.29) is 5.97 Å². The number of rotatable bonds is 4. The van der Waals surface area contributed by atoms with Gasteiger partial charge in [-0.1, -0.05) is 31.8 Å². The van der Waals surface area contributed by atoms with Crippen molar-refractivity contribution in [2.75, 3.05) is 7.11 Å². The maximum absolute atomic E-state index is 11.1. The minimum absolute atomic E-state index is 0.106. The molecule has 0 aromatic heterocycles. The molecule has 0 bridgehead atoms. The molecular formula is C10H20O2Si. The highest BCUT2D eigenvalue weighted by Gasteiger charge is 2.26. The Morgan fingerprint density at radius 1 is 1.46 bits per heavy atom. The molecule has 0 aliphatic rings. The Hall–Kier alpha value is -0.573. The van der Waals surface area contributed by atoms with Crippen molar-refractivity contribution in [2.24, 2.45) is 0 Å². The zero-order chi connectivity index (χ0) is 10.5. The summed E-state index contributed by atoms with van der Waals surface area (Å²) in [6.07, 6.45) is 4.67. The predicted molar refractivity (Wildman–Crippen MR) is 58.5 cm³/mol. The van der Waals surface area contributed by atoms with Gasteiger partial charge in [-0.25, -0.2) is 0 Å². The van der Waals surface area contributed by atoms with E-state index in [9.17, 15) is 4.79 Å². The number of ether oxygens (including phenoxy) is 1. The van der Waals surface area contributed by atoms with Crippen molar-refractivity contribution in [1.29, 1.82) is 0 Å². The van der Waals surface area contributed by atoms with E-state index in [2.05, 4.69) is 30.5 Å². The third kappa shape index (κ3) is 4.88. The molecule has 0 aliphatic heterocycles. The van der Waals surface area contributed by atoms with E-state index >= 15 is 0 Å². The van der Waals surface area contributed by atoms with E-state index < -0.39 is 8.07 Å². The molecule has 2 nitrogen and oxygen atoms in total. The second kappa shape index (κ2) is 5.22. The molecule has 0 saturated heterocycles. The average molecular weight is 200 g/mol. The first-order chi connectivity index (χ1) is 5.91. The SMILES string of the molecule is C/C=C/[C@@H](CC(=O)OC)[Si](C)(C)C. The number of carbonyl (C=O) groups is 1. The summed E-state index contributed by atoms with van der Waals surface area (Å²) in [4.78, 5) is 11.1. The molecule has 0 fully saturated rings. The lowest BCUT2D eigenvalue weighted by molar-refractivity contribution is -0.140. The summed E-state index contributed by atoms with van der Waals surface area (Å²) in [5.41, 5.74) is 0.393. The van der Waals surface area contributed by atoms with Crippen LogP contribution in [0.5, 0.6) is 0 Å². The van der Waals surface area contributed by atoms with Crippen molar-refractivity contribution < 1.29 is 9.53 Å². The van der Waals surface area contributed by atoms with Crippen LogP contribution in [0.15, 0.2) is 12.2 Å². The fourth-order valence-corrected chi connectivity index (χ4v) is 2.71. The standard InChI is InChI=1S/C10H20O2Si/c1-6-7-9(13(3,4)5)8-10(11)12-2/h6-7,9H,8H2,1-5H3/b7-6+/t9-/m0/s1. The van der Waals surface area contributed by atoms with Crippen LogP contribution in [0.4, 0.5) is 0 Å². The highest BCUT2D eigenvalue weighted by molar-refractivity contribution is 6.78. The summed E-state index contributed by atoms with van der Waals surface area (Å²) in [5, 5.41) is 0. The molecule has 0 aliphatic carbocycles. The van der Waals surface area contributed by atoms with Gasteiger partial charge < -0.3 is 4.74 Å². The largest absolute Gasteiger partial charge is 0.469 e. The highest BCUT2D eigenvalue weighted by atomic mass is 28.3. The van der Waals surface area contributed by atoms with Crippen LogP contribution in [0.25, 0.3) is 0 Å². The Kier molecular flexibility index (Phi) is 4.99. The number of carbonyl (C=O) groups excluding carboxylic acids is 1. The number of methoxy groups -OCH3 is 1. The van der Waals surface area contributed by atoms with Gasteiger partial charge in [0.05, 0.1) is 15.2 Å². The smallest absolute Gasteiger partial charge is 0.305 e. The van der Waals surface area contributed by atoms with Gasteiger partial charge in [-0.05, 0) is 12.5 Å². The van der Waals surface area contributed by atoms with E-state index in [1.54, 1.807) is 0 Å². The summed E-state index contributed by atoms with van der Waals surface area (Å²) in [7, 11) is 0.169. The number of hydrogen-bond acceptors (Lipinski definition) is 2. The molecule has 0 rings (SSSR count). The maximum Gasteiger partial charge on any atom is 0.305 e. The highest BCUT2D eigenvalue weighted by Crippen LogP contribution is 2.27. The van der Waals surface area contributed by atoms with Crippen molar-refractivity contribution >= 4 is 14.0 Å². The van der Waals surface area contributed by atoms with Crippen LogP contribution in [-0.2, 0) is 9.53 Å². The zero-order valence-electron chi connectivity index (χ0n) is 9.26. The number of hydrogen-bond donors (Lipinski definition) is 0. The van der Waals surface area contributed by atoms with Crippen molar-refractivity contribution in [3.05, 3.63) is 12.2 Å². The molecule has 13 heavy (non-hydrogen) atoms. The van der Waals surface area contributed by atoms with Crippen molar-refractivity contribution in [1.82, 2.24) is 0 Å². The first kappa shape index (κ1) is 12.4. The summed E-state index contributed by atoms with van der Waals surface area (Å²) in [6.45, 7) is 8.78. The normalized spacial score (nSPS) is 14.5. The van der Waals surface area contributed by atoms with E-state index in [1.807, 2.05) is 13.0 Å². The second-order valence-electron chi connectivity index (χ2n) is 4.28. The van der Waals surface area contributed by atoms with Gasteiger partial charge >= 0.3 is 5.97 Å². The fraction of sp³-hybridized carbons (Fsp3) is 0.700. The minimum Gasteiger partial charge on any atom is -0.469 e. The molecule has 0 saturated carbocycles. The Balaban J connectivity index is 4.36.